The molecule has 0 bridgehead atoms. The molecule has 0 aromatic rings. The quantitative estimate of drug-likeness (QED) is 0.620. The molecule has 0 heterocycles. The Morgan fingerprint density at radius 1 is 1.60 bits per heavy atom. The number of rotatable bonds is 1. The maximum absolute atomic E-state index is 9.30. The Bertz CT molecular complexity index is 8.85. The Kier molecular flexibility index (Phi) is 16.2. The van der Waals surface area contributed by atoms with Gasteiger partial charge in [0, 0.05) is 22.4 Å². The molecule has 0 aromatic heterocycles. The molecule has 0 rings (SSSR count). The molecular formula is C3H7OTa-. The summed E-state index contributed by atoms with van der Waals surface area (Å²) in [5, 5.41) is 9.30. The fourth-order valence-corrected chi connectivity index (χ4v) is 0. The zero-order chi connectivity index (χ0) is 3.41. The normalized spacial score (nSPS) is 6.00. The zero-order valence-corrected chi connectivity index (χ0v) is 6.48. The minimum absolute atomic E-state index is 0. The van der Waals surface area contributed by atoms with Crippen molar-refractivity contribution in [2.75, 3.05) is 6.61 Å². The predicted molar refractivity (Wildman–Crippen MR) is 15.2 cm³/mol. The van der Waals surface area contributed by atoms with E-state index in [9.17, 15) is 5.11 Å². The van der Waals surface area contributed by atoms with Crippen molar-refractivity contribution in [3.8, 4) is 0 Å². The molecule has 0 aliphatic rings. The van der Waals surface area contributed by atoms with E-state index < -0.39 is 0 Å². The Hall–Kier alpha value is 0.700. The summed E-state index contributed by atoms with van der Waals surface area (Å²) in [6, 6.07) is 0. The molecule has 0 saturated heterocycles. The van der Waals surface area contributed by atoms with E-state index in [1.165, 1.54) is 0 Å². The van der Waals surface area contributed by atoms with Gasteiger partial charge in [-0.15, -0.1) is 6.61 Å². The van der Waals surface area contributed by atoms with Crippen molar-refractivity contribution in [1.29, 1.82) is 0 Å². The van der Waals surface area contributed by atoms with Crippen LogP contribution in [0.2, 0.25) is 0 Å². The van der Waals surface area contributed by atoms with Crippen LogP contribution < -0.4 is 5.11 Å². The minimum Gasteiger partial charge on any atom is -0.854 e. The van der Waals surface area contributed by atoms with E-state index >= 15 is 0 Å². The molecule has 0 aliphatic carbocycles. The van der Waals surface area contributed by atoms with E-state index in [-0.39, 0.29) is 29.0 Å². The summed E-state index contributed by atoms with van der Waals surface area (Å²) in [5.41, 5.74) is 0. The van der Waals surface area contributed by atoms with Crippen LogP contribution in [0.3, 0.4) is 0 Å². The molecule has 2 heteroatoms. The Morgan fingerprint density at radius 3 is 1.80 bits per heavy atom. The summed E-state index contributed by atoms with van der Waals surface area (Å²) in [7, 11) is 0. The second-order valence-electron chi connectivity index (χ2n) is 0.704. The second kappa shape index (κ2) is 8.83. The van der Waals surface area contributed by atoms with Crippen LogP contribution in [-0.4, -0.2) is 6.61 Å². The van der Waals surface area contributed by atoms with Crippen molar-refractivity contribution in [1.82, 2.24) is 0 Å². The molecule has 0 N–H and O–H groups in total. The average Bonchev–Trinajstić information content (AvgIpc) is 1.37. The van der Waals surface area contributed by atoms with Crippen LogP contribution in [0, 0.1) is 0 Å². The maximum Gasteiger partial charge on any atom is 0 e. The van der Waals surface area contributed by atoms with Crippen molar-refractivity contribution in [2.45, 2.75) is 13.3 Å². The van der Waals surface area contributed by atoms with Crippen LogP contribution in [0.15, 0.2) is 0 Å². The smallest absolute Gasteiger partial charge is 0 e. The summed E-state index contributed by atoms with van der Waals surface area (Å²) < 4.78 is 0. The molecule has 0 saturated carbocycles. The maximum atomic E-state index is 9.30. The summed E-state index contributed by atoms with van der Waals surface area (Å²) >= 11 is 0. The Labute approximate surface area is 47.9 Å². The first kappa shape index (κ1) is 9.20. The van der Waals surface area contributed by atoms with E-state index in [1.807, 2.05) is 6.92 Å². The third-order valence-corrected chi connectivity index (χ3v) is 0.204. The van der Waals surface area contributed by atoms with E-state index in [4.69, 9.17) is 0 Å². The van der Waals surface area contributed by atoms with E-state index in [1.54, 1.807) is 0 Å². The molecule has 0 unspecified atom stereocenters. The van der Waals surface area contributed by atoms with Gasteiger partial charge < -0.3 is 5.11 Å². The van der Waals surface area contributed by atoms with Gasteiger partial charge in [0.2, 0.25) is 0 Å². The van der Waals surface area contributed by atoms with Crippen LogP contribution in [0.1, 0.15) is 13.3 Å². The van der Waals surface area contributed by atoms with E-state index in [0.29, 0.717) is 0 Å². The number of hydrogen-bond acceptors (Lipinski definition) is 1. The first-order chi connectivity index (χ1) is 1.91. The van der Waals surface area contributed by atoms with Gasteiger partial charge in [0.05, 0.1) is 0 Å². The van der Waals surface area contributed by atoms with E-state index in [0.717, 1.165) is 6.42 Å². The van der Waals surface area contributed by atoms with Gasteiger partial charge in [-0.25, -0.2) is 0 Å². The predicted octanol–water partition coefficient (Wildman–Crippen LogP) is -0.246. The van der Waals surface area contributed by atoms with Crippen LogP contribution >= 0.6 is 0 Å². The fraction of sp³-hybridized carbons (Fsp3) is 1.00. The molecule has 0 fully saturated rings. The first-order valence-electron chi connectivity index (χ1n) is 1.50. The summed E-state index contributed by atoms with van der Waals surface area (Å²) in [5.74, 6) is 0. The van der Waals surface area contributed by atoms with E-state index in [2.05, 4.69) is 0 Å². The first-order valence-corrected chi connectivity index (χ1v) is 1.50. The number of hydrogen-bond donors (Lipinski definition) is 0. The van der Waals surface area contributed by atoms with Crippen LogP contribution in [-0.2, 0) is 22.4 Å². The third kappa shape index (κ3) is 11.9. The van der Waals surface area contributed by atoms with Gasteiger partial charge in [-0.05, 0) is 0 Å². The third-order valence-electron chi connectivity index (χ3n) is 0.204. The standard InChI is InChI=1S/C3H7O.Ta/c1-2-3-4;/h2-3H2,1H3;/q-1;. The van der Waals surface area contributed by atoms with Crippen molar-refractivity contribution in [2.24, 2.45) is 0 Å². The van der Waals surface area contributed by atoms with Crippen LogP contribution in [0.4, 0.5) is 0 Å². The molecule has 0 aliphatic heterocycles. The van der Waals surface area contributed by atoms with Gasteiger partial charge in [0.25, 0.3) is 0 Å². The molecule has 0 aromatic carbocycles. The molecule has 0 atom stereocenters. The zero-order valence-electron chi connectivity index (χ0n) is 3.27. The monoisotopic (exact) mass is 240 g/mol. The molecule has 0 amide bonds. The molecule has 31 valence electrons. The van der Waals surface area contributed by atoms with Gasteiger partial charge in [0.15, 0.2) is 0 Å². The van der Waals surface area contributed by atoms with Crippen LogP contribution in [0.25, 0.3) is 0 Å². The Balaban J connectivity index is 0. The summed E-state index contributed by atoms with van der Waals surface area (Å²) in [6.07, 6.45) is 0.764. The molecular weight excluding hydrogens is 233 g/mol. The van der Waals surface area contributed by atoms with Crippen molar-refractivity contribution in [3.63, 3.8) is 0 Å². The Morgan fingerprint density at radius 2 is 1.80 bits per heavy atom. The topological polar surface area (TPSA) is 23.1 Å². The molecule has 5 heavy (non-hydrogen) atoms. The molecule has 1 radical (unpaired) electrons. The fourth-order valence-electron chi connectivity index (χ4n) is 0. The van der Waals surface area contributed by atoms with Gasteiger partial charge in [-0.1, -0.05) is 13.3 Å². The second-order valence-corrected chi connectivity index (χ2v) is 0.704. The van der Waals surface area contributed by atoms with Crippen molar-refractivity contribution in [3.05, 3.63) is 0 Å². The van der Waals surface area contributed by atoms with Crippen molar-refractivity contribution < 1.29 is 27.5 Å². The molecule has 0 spiro atoms. The van der Waals surface area contributed by atoms with Crippen molar-refractivity contribution >= 4 is 0 Å². The van der Waals surface area contributed by atoms with Crippen LogP contribution in [0.5, 0.6) is 0 Å². The van der Waals surface area contributed by atoms with Gasteiger partial charge in [-0.2, -0.15) is 0 Å². The largest absolute Gasteiger partial charge is 0.854 e. The van der Waals surface area contributed by atoms with Gasteiger partial charge >= 0.3 is 0 Å². The van der Waals surface area contributed by atoms with Gasteiger partial charge in [0.1, 0.15) is 0 Å². The summed E-state index contributed by atoms with van der Waals surface area (Å²) in [4.78, 5) is 0. The SMILES string of the molecule is CCC[O-].[Ta]. The summed E-state index contributed by atoms with van der Waals surface area (Å²) in [6.45, 7) is 1.94. The minimum atomic E-state index is 0. The molecule has 1 nitrogen and oxygen atoms in total. The van der Waals surface area contributed by atoms with Gasteiger partial charge in [-0.3, -0.25) is 0 Å². The average molecular weight is 240 g/mol.